The van der Waals surface area contributed by atoms with Crippen LogP contribution in [0.25, 0.3) is 0 Å². The summed E-state index contributed by atoms with van der Waals surface area (Å²) in [5, 5.41) is 0. The highest BCUT2D eigenvalue weighted by Gasteiger charge is 2.31. The Morgan fingerprint density at radius 1 is 1.50 bits per heavy atom. The first-order valence-corrected chi connectivity index (χ1v) is 6.42. The second kappa shape index (κ2) is 4.66. The highest BCUT2D eigenvalue weighted by atomic mass is 35.5. The molecule has 1 aromatic rings. The molecule has 4 heteroatoms. The van der Waals surface area contributed by atoms with Gasteiger partial charge in [-0.3, -0.25) is 0 Å². The van der Waals surface area contributed by atoms with Gasteiger partial charge in [0.25, 0.3) is 6.01 Å². The summed E-state index contributed by atoms with van der Waals surface area (Å²) < 4.78 is 5.49. The Hall–Kier alpha value is -0.700. The molecule has 0 amide bonds. The Morgan fingerprint density at radius 3 is 2.88 bits per heavy atom. The van der Waals surface area contributed by atoms with Crippen molar-refractivity contribution in [1.82, 2.24) is 4.98 Å². The molecular weight excluding hydrogens is 224 g/mol. The van der Waals surface area contributed by atoms with Gasteiger partial charge in [0.05, 0.1) is 11.6 Å². The van der Waals surface area contributed by atoms with Crippen LogP contribution in [0.1, 0.15) is 32.9 Å². The molecule has 0 spiro atoms. The van der Waals surface area contributed by atoms with Crippen molar-refractivity contribution in [2.45, 2.75) is 39.1 Å². The molecular formula is C12H19ClN2O. The summed E-state index contributed by atoms with van der Waals surface area (Å²) in [6, 6.07) is 1.21. The van der Waals surface area contributed by atoms with Crippen molar-refractivity contribution in [2.75, 3.05) is 11.4 Å². The molecule has 1 saturated heterocycles. The zero-order chi connectivity index (χ0) is 11.7. The van der Waals surface area contributed by atoms with E-state index in [1.807, 2.05) is 0 Å². The zero-order valence-corrected chi connectivity index (χ0v) is 10.9. The Bertz CT molecular complexity index is 353. The van der Waals surface area contributed by atoms with E-state index in [9.17, 15) is 0 Å². The lowest BCUT2D eigenvalue weighted by Crippen LogP contribution is -2.46. The van der Waals surface area contributed by atoms with Gasteiger partial charge in [0, 0.05) is 12.6 Å². The van der Waals surface area contributed by atoms with E-state index in [0.29, 0.717) is 23.8 Å². The van der Waals surface area contributed by atoms with Crippen LogP contribution in [0, 0.1) is 11.8 Å². The lowest BCUT2D eigenvalue weighted by molar-refractivity contribution is 0.283. The monoisotopic (exact) mass is 242 g/mol. The summed E-state index contributed by atoms with van der Waals surface area (Å²) in [6.45, 7) is 7.83. The van der Waals surface area contributed by atoms with Crippen LogP contribution in [-0.2, 0) is 5.88 Å². The summed E-state index contributed by atoms with van der Waals surface area (Å²) in [6.07, 6.45) is 2.93. The van der Waals surface area contributed by atoms with E-state index in [0.717, 1.165) is 18.3 Å². The number of rotatable bonds is 2. The van der Waals surface area contributed by atoms with Crippen LogP contribution in [0.3, 0.4) is 0 Å². The van der Waals surface area contributed by atoms with Crippen LogP contribution >= 0.6 is 11.6 Å². The quantitative estimate of drug-likeness (QED) is 0.746. The standard InChI is InChI=1S/C12H19ClN2O/c1-8-4-9(2)10(3)15(6-8)12-14-11(5-13)7-16-12/h7-10H,4-6H2,1-3H3. The fraction of sp³-hybridized carbons (Fsp3) is 0.750. The Morgan fingerprint density at radius 2 is 2.25 bits per heavy atom. The minimum atomic E-state index is 0.414. The smallest absolute Gasteiger partial charge is 0.297 e. The van der Waals surface area contributed by atoms with Crippen molar-refractivity contribution in [1.29, 1.82) is 0 Å². The summed E-state index contributed by atoms with van der Waals surface area (Å²) >= 11 is 5.73. The average molecular weight is 243 g/mol. The molecule has 1 aromatic heterocycles. The van der Waals surface area contributed by atoms with E-state index in [4.69, 9.17) is 16.0 Å². The van der Waals surface area contributed by atoms with Crippen LogP contribution in [0.15, 0.2) is 10.7 Å². The lowest BCUT2D eigenvalue weighted by Gasteiger charge is -2.40. The second-order valence-corrected chi connectivity index (χ2v) is 5.23. The third-order valence-corrected chi connectivity index (χ3v) is 3.79. The van der Waals surface area contributed by atoms with E-state index >= 15 is 0 Å². The van der Waals surface area contributed by atoms with Crippen molar-refractivity contribution < 1.29 is 4.42 Å². The van der Waals surface area contributed by atoms with Crippen LogP contribution in [-0.4, -0.2) is 17.6 Å². The molecule has 1 fully saturated rings. The molecule has 0 radical (unpaired) electrons. The number of piperidine rings is 1. The third kappa shape index (κ3) is 2.19. The predicted octanol–water partition coefficient (Wildman–Crippen LogP) is 3.28. The summed E-state index contributed by atoms with van der Waals surface area (Å²) in [7, 11) is 0. The first-order chi connectivity index (χ1) is 7.61. The topological polar surface area (TPSA) is 29.3 Å². The number of oxazole rings is 1. The molecule has 90 valence electrons. The summed E-state index contributed by atoms with van der Waals surface area (Å²) in [5.41, 5.74) is 0.815. The van der Waals surface area contributed by atoms with Gasteiger partial charge in [-0.05, 0) is 25.2 Å². The second-order valence-electron chi connectivity index (χ2n) is 4.97. The van der Waals surface area contributed by atoms with Gasteiger partial charge in [-0.15, -0.1) is 11.6 Å². The maximum absolute atomic E-state index is 5.73. The number of nitrogens with zero attached hydrogens (tertiary/aromatic N) is 2. The van der Waals surface area contributed by atoms with E-state index in [2.05, 4.69) is 30.7 Å². The number of aromatic nitrogens is 1. The molecule has 0 aromatic carbocycles. The molecule has 0 saturated carbocycles. The predicted molar refractivity (Wildman–Crippen MR) is 65.8 cm³/mol. The van der Waals surface area contributed by atoms with Gasteiger partial charge in [-0.25, -0.2) is 0 Å². The van der Waals surface area contributed by atoms with Crippen molar-refractivity contribution in [3.05, 3.63) is 12.0 Å². The average Bonchev–Trinajstić information content (AvgIpc) is 2.71. The Balaban J connectivity index is 2.18. The maximum Gasteiger partial charge on any atom is 0.297 e. The van der Waals surface area contributed by atoms with E-state index < -0.39 is 0 Å². The van der Waals surface area contributed by atoms with Crippen molar-refractivity contribution in [3.8, 4) is 0 Å². The van der Waals surface area contributed by atoms with Gasteiger partial charge >= 0.3 is 0 Å². The normalized spacial score (nSPS) is 30.8. The van der Waals surface area contributed by atoms with Crippen LogP contribution in [0.2, 0.25) is 0 Å². The molecule has 1 aliphatic rings. The summed E-state index contributed by atoms with van der Waals surface area (Å²) in [4.78, 5) is 6.66. The lowest BCUT2D eigenvalue weighted by atomic mass is 9.86. The molecule has 0 N–H and O–H groups in total. The number of hydrogen-bond donors (Lipinski definition) is 0. The van der Waals surface area contributed by atoms with Gasteiger partial charge in [0.15, 0.2) is 0 Å². The highest BCUT2D eigenvalue weighted by molar-refractivity contribution is 6.16. The first-order valence-electron chi connectivity index (χ1n) is 5.88. The zero-order valence-electron chi connectivity index (χ0n) is 10.1. The van der Waals surface area contributed by atoms with Gasteiger partial charge in [0.1, 0.15) is 6.26 Å². The fourth-order valence-electron chi connectivity index (χ4n) is 2.46. The SMILES string of the molecule is CC1CC(C)C(C)N(c2nc(CCl)co2)C1. The highest BCUT2D eigenvalue weighted by Crippen LogP contribution is 2.30. The fourth-order valence-corrected chi connectivity index (χ4v) is 2.58. The minimum Gasteiger partial charge on any atom is -0.432 e. The first kappa shape index (κ1) is 11.8. The van der Waals surface area contributed by atoms with Crippen molar-refractivity contribution in [2.24, 2.45) is 11.8 Å². The molecule has 2 heterocycles. The summed E-state index contributed by atoms with van der Waals surface area (Å²) in [5.74, 6) is 1.78. The molecule has 1 aliphatic heterocycles. The maximum atomic E-state index is 5.73. The molecule has 16 heavy (non-hydrogen) atoms. The van der Waals surface area contributed by atoms with Gasteiger partial charge in [-0.2, -0.15) is 4.98 Å². The van der Waals surface area contributed by atoms with Crippen LogP contribution in [0.4, 0.5) is 6.01 Å². The third-order valence-electron chi connectivity index (χ3n) is 3.52. The molecule has 2 rings (SSSR count). The van der Waals surface area contributed by atoms with E-state index in [1.165, 1.54) is 6.42 Å². The number of alkyl halides is 1. The Labute approximate surface area is 102 Å². The van der Waals surface area contributed by atoms with Crippen molar-refractivity contribution >= 4 is 17.6 Å². The van der Waals surface area contributed by atoms with Gasteiger partial charge in [-0.1, -0.05) is 13.8 Å². The minimum absolute atomic E-state index is 0.414. The number of hydrogen-bond acceptors (Lipinski definition) is 3. The molecule has 3 unspecified atom stereocenters. The molecule has 3 atom stereocenters. The number of halogens is 1. The van der Waals surface area contributed by atoms with Crippen molar-refractivity contribution in [3.63, 3.8) is 0 Å². The van der Waals surface area contributed by atoms with Crippen LogP contribution < -0.4 is 4.90 Å². The molecule has 0 bridgehead atoms. The van der Waals surface area contributed by atoms with Gasteiger partial charge < -0.3 is 9.32 Å². The van der Waals surface area contributed by atoms with E-state index in [-0.39, 0.29) is 0 Å². The molecule has 3 nitrogen and oxygen atoms in total. The van der Waals surface area contributed by atoms with Gasteiger partial charge in [0.2, 0.25) is 0 Å². The van der Waals surface area contributed by atoms with E-state index in [1.54, 1.807) is 6.26 Å². The molecule has 0 aliphatic carbocycles. The van der Waals surface area contributed by atoms with Crippen LogP contribution in [0.5, 0.6) is 0 Å². The largest absolute Gasteiger partial charge is 0.432 e. The Kier molecular flexibility index (Phi) is 3.43. The number of anilines is 1.